The van der Waals surface area contributed by atoms with Crippen molar-refractivity contribution in [3.63, 3.8) is 0 Å². The molecule has 0 N–H and O–H groups in total. The van der Waals surface area contributed by atoms with Crippen LogP contribution in [-0.4, -0.2) is 67.8 Å². The van der Waals surface area contributed by atoms with Gasteiger partial charge < -0.3 is 9.80 Å². The van der Waals surface area contributed by atoms with Gasteiger partial charge in [-0.2, -0.15) is 9.57 Å². The van der Waals surface area contributed by atoms with Crippen LogP contribution in [0.4, 0.5) is 5.82 Å². The molecule has 2 aliphatic rings. The monoisotopic (exact) mass is 459 g/mol. The second-order valence-electron chi connectivity index (χ2n) is 7.52. The van der Waals surface area contributed by atoms with Crippen molar-refractivity contribution in [2.45, 2.75) is 17.7 Å². The van der Waals surface area contributed by atoms with Crippen LogP contribution in [0.1, 0.15) is 28.8 Å². The lowest BCUT2D eigenvalue weighted by molar-refractivity contribution is 0.0746. The van der Waals surface area contributed by atoms with E-state index in [0.29, 0.717) is 50.6 Å². The SMILES string of the molecule is N#Cc1cccnc1N1CCN(C(=O)c2cc(S(=O)(=O)N3CCCC3)ccc2Cl)CC1. The Hall–Kier alpha value is -2.67. The zero-order valence-corrected chi connectivity index (χ0v) is 18.4. The molecule has 4 rings (SSSR count). The van der Waals surface area contributed by atoms with Gasteiger partial charge in [-0.05, 0) is 43.2 Å². The summed E-state index contributed by atoms with van der Waals surface area (Å²) in [6.45, 7) is 2.85. The van der Waals surface area contributed by atoms with Gasteiger partial charge in [0, 0.05) is 45.5 Å². The predicted molar refractivity (Wildman–Crippen MR) is 117 cm³/mol. The summed E-state index contributed by atoms with van der Waals surface area (Å²) in [6, 6.07) is 9.88. The highest BCUT2D eigenvalue weighted by molar-refractivity contribution is 7.89. The van der Waals surface area contributed by atoms with Crippen LogP contribution in [0.25, 0.3) is 0 Å². The molecule has 8 nitrogen and oxygen atoms in total. The normalized spacial score (nSPS) is 17.5. The van der Waals surface area contributed by atoms with Crippen molar-refractivity contribution >= 4 is 33.3 Å². The van der Waals surface area contributed by atoms with Crippen LogP contribution in [0.3, 0.4) is 0 Å². The first-order valence-corrected chi connectivity index (χ1v) is 11.9. The number of nitrogens with zero attached hydrogens (tertiary/aromatic N) is 5. The zero-order valence-electron chi connectivity index (χ0n) is 16.9. The van der Waals surface area contributed by atoms with Crippen LogP contribution in [-0.2, 0) is 10.0 Å². The fourth-order valence-corrected chi connectivity index (χ4v) is 5.68. The van der Waals surface area contributed by atoms with Crippen molar-refractivity contribution in [1.82, 2.24) is 14.2 Å². The maximum Gasteiger partial charge on any atom is 0.255 e. The number of rotatable bonds is 4. The van der Waals surface area contributed by atoms with Crippen LogP contribution < -0.4 is 4.90 Å². The molecule has 2 fully saturated rings. The maximum absolute atomic E-state index is 13.1. The Morgan fingerprint density at radius 3 is 2.45 bits per heavy atom. The number of benzene rings is 1. The van der Waals surface area contributed by atoms with E-state index in [4.69, 9.17) is 11.6 Å². The van der Waals surface area contributed by atoms with Gasteiger partial charge >= 0.3 is 0 Å². The smallest absolute Gasteiger partial charge is 0.255 e. The van der Waals surface area contributed by atoms with E-state index in [2.05, 4.69) is 11.1 Å². The van der Waals surface area contributed by atoms with Crippen molar-refractivity contribution in [3.05, 3.63) is 52.7 Å². The third kappa shape index (κ3) is 4.24. The molecular formula is C21H22ClN5O3S. The van der Waals surface area contributed by atoms with Gasteiger partial charge in [0.2, 0.25) is 10.0 Å². The highest BCUT2D eigenvalue weighted by Gasteiger charge is 2.30. The summed E-state index contributed by atoms with van der Waals surface area (Å²) >= 11 is 6.27. The molecule has 3 heterocycles. The summed E-state index contributed by atoms with van der Waals surface area (Å²) in [7, 11) is -3.64. The Morgan fingerprint density at radius 2 is 1.77 bits per heavy atom. The van der Waals surface area contributed by atoms with Crippen LogP contribution >= 0.6 is 11.6 Å². The van der Waals surface area contributed by atoms with Crippen LogP contribution in [0, 0.1) is 11.3 Å². The Kier molecular flexibility index (Phi) is 6.14. The van der Waals surface area contributed by atoms with Gasteiger partial charge in [0.15, 0.2) is 0 Å². The van der Waals surface area contributed by atoms with E-state index in [0.717, 1.165) is 12.8 Å². The highest BCUT2D eigenvalue weighted by Crippen LogP contribution is 2.27. The van der Waals surface area contributed by atoms with Crippen LogP contribution in [0.2, 0.25) is 5.02 Å². The topological polar surface area (TPSA) is 97.6 Å². The molecule has 2 saturated heterocycles. The third-order valence-electron chi connectivity index (χ3n) is 5.64. The molecule has 10 heteroatoms. The van der Waals surface area contributed by atoms with Crippen molar-refractivity contribution in [2.24, 2.45) is 0 Å². The molecule has 0 unspecified atom stereocenters. The summed E-state index contributed by atoms with van der Waals surface area (Å²) in [6.07, 6.45) is 3.32. The van der Waals surface area contributed by atoms with Crippen LogP contribution in [0.15, 0.2) is 41.4 Å². The number of nitriles is 1. The quantitative estimate of drug-likeness (QED) is 0.696. The second-order valence-corrected chi connectivity index (χ2v) is 9.86. The van der Waals surface area contributed by atoms with Crippen LogP contribution in [0.5, 0.6) is 0 Å². The molecule has 0 aliphatic carbocycles. The Labute approximate surface area is 186 Å². The molecule has 0 atom stereocenters. The number of anilines is 1. The number of piperazine rings is 1. The first-order valence-electron chi connectivity index (χ1n) is 10.1. The number of aromatic nitrogens is 1. The fourth-order valence-electron chi connectivity index (χ4n) is 3.93. The van der Waals surface area contributed by atoms with E-state index in [9.17, 15) is 18.5 Å². The Balaban J connectivity index is 1.51. The van der Waals surface area contributed by atoms with Gasteiger partial charge in [-0.15, -0.1) is 0 Å². The summed E-state index contributed by atoms with van der Waals surface area (Å²) in [5.74, 6) is 0.304. The largest absolute Gasteiger partial charge is 0.352 e. The molecule has 2 aromatic rings. The minimum Gasteiger partial charge on any atom is -0.352 e. The first-order chi connectivity index (χ1) is 14.9. The number of halogens is 1. The summed E-state index contributed by atoms with van der Waals surface area (Å²) in [4.78, 5) is 21.1. The number of amides is 1. The average molecular weight is 460 g/mol. The lowest BCUT2D eigenvalue weighted by atomic mass is 10.1. The highest BCUT2D eigenvalue weighted by atomic mass is 35.5. The minimum absolute atomic E-state index is 0.0907. The third-order valence-corrected chi connectivity index (χ3v) is 7.87. The standard InChI is InChI=1S/C21H22ClN5O3S/c22-19-6-5-17(31(29,30)27-8-1-2-9-27)14-18(19)21(28)26-12-10-25(11-13-26)20-16(15-23)4-3-7-24-20/h3-7,14H,1-2,8-13H2. The summed E-state index contributed by atoms with van der Waals surface area (Å²) in [5.41, 5.74) is 0.677. The number of hydrogen-bond acceptors (Lipinski definition) is 6. The van der Waals surface area contributed by atoms with E-state index in [1.54, 1.807) is 23.2 Å². The van der Waals surface area contributed by atoms with Crippen molar-refractivity contribution in [3.8, 4) is 6.07 Å². The number of pyridine rings is 1. The van der Waals surface area contributed by atoms with Gasteiger partial charge in [-0.1, -0.05) is 11.6 Å². The summed E-state index contributed by atoms with van der Waals surface area (Å²) in [5, 5.41) is 9.52. The second kappa shape index (κ2) is 8.83. The molecule has 1 aromatic carbocycles. The molecule has 0 saturated carbocycles. The molecule has 0 radical (unpaired) electrons. The van der Waals surface area contributed by atoms with Crippen molar-refractivity contribution in [2.75, 3.05) is 44.2 Å². The van der Waals surface area contributed by atoms with Gasteiger partial charge in [-0.3, -0.25) is 4.79 Å². The number of carbonyl (C=O) groups excluding carboxylic acids is 1. The number of carbonyl (C=O) groups is 1. The molecule has 162 valence electrons. The maximum atomic E-state index is 13.1. The fraction of sp³-hybridized carbons (Fsp3) is 0.381. The van der Waals surface area contributed by atoms with Crippen molar-refractivity contribution < 1.29 is 13.2 Å². The average Bonchev–Trinajstić information content (AvgIpc) is 3.35. The van der Waals surface area contributed by atoms with E-state index in [-0.39, 0.29) is 21.4 Å². The molecule has 0 bridgehead atoms. The van der Waals surface area contributed by atoms with Crippen molar-refractivity contribution in [1.29, 1.82) is 5.26 Å². The van der Waals surface area contributed by atoms with E-state index in [1.807, 2.05) is 4.90 Å². The lowest BCUT2D eigenvalue weighted by Crippen LogP contribution is -2.49. The molecule has 1 aromatic heterocycles. The summed E-state index contributed by atoms with van der Waals surface area (Å²) < 4.78 is 27.2. The van der Waals surface area contributed by atoms with Gasteiger partial charge in [0.05, 0.1) is 21.0 Å². The van der Waals surface area contributed by atoms with E-state index >= 15 is 0 Å². The lowest BCUT2D eigenvalue weighted by Gasteiger charge is -2.35. The molecular weight excluding hydrogens is 438 g/mol. The Bertz CT molecular complexity index is 1130. The zero-order chi connectivity index (χ0) is 22.0. The minimum atomic E-state index is -3.64. The van der Waals surface area contributed by atoms with E-state index in [1.165, 1.54) is 22.5 Å². The predicted octanol–water partition coefficient (Wildman–Crippen LogP) is 2.35. The Morgan fingerprint density at radius 1 is 1.06 bits per heavy atom. The first kappa shape index (κ1) is 21.6. The van der Waals surface area contributed by atoms with Gasteiger partial charge in [-0.25, -0.2) is 13.4 Å². The molecule has 31 heavy (non-hydrogen) atoms. The molecule has 1 amide bonds. The number of hydrogen-bond donors (Lipinski definition) is 0. The molecule has 0 spiro atoms. The van der Waals surface area contributed by atoms with Gasteiger partial charge in [0.25, 0.3) is 5.91 Å². The number of sulfonamides is 1. The van der Waals surface area contributed by atoms with E-state index < -0.39 is 10.0 Å². The molecule has 2 aliphatic heterocycles. The van der Waals surface area contributed by atoms with Gasteiger partial charge in [0.1, 0.15) is 11.9 Å².